The van der Waals surface area contributed by atoms with Crippen LogP contribution in [0.1, 0.15) is 23.0 Å². The Kier molecular flexibility index (Phi) is 5.68. The molecule has 0 aliphatic heterocycles. The summed E-state index contributed by atoms with van der Waals surface area (Å²) in [6, 6.07) is 12.2. The van der Waals surface area contributed by atoms with Crippen molar-refractivity contribution >= 4 is 23.3 Å². The summed E-state index contributed by atoms with van der Waals surface area (Å²) in [7, 11) is 0. The number of nitrogens with one attached hydrogen (secondary N) is 3. The number of urea groups is 1. The van der Waals surface area contributed by atoms with Gasteiger partial charge in [0.1, 0.15) is 5.82 Å². The molecule has 2 rings (SSSR count). The van der Waals surface area contributed by atoms with E-state index in [1.807, 2.05) is 25.1 Å². The minimum absolute atomic E-state index is 0.0380. The van der Waals surface area contributed by atoms with Crippen molar-refractivity contribution < 1.29 is 9.59 Å². The largest absolute Gasteiger partial charge is 0.368 e. The van der Waals surface area contributed by atoms with Crippen molar-refractivity contribution in [3.05, 3.63) is 53.7 Å². The molecule has 2 aromatic rings. The summed E-state index contributed by atoms with van der Waals surface area (Å²) in [5.41, 5.74) is 2.09. The van der Waals surface area contributed by atoms with Gasteiger partial charge < -0.3 is 16.0 Å². The molecule has 0 fully saturated rings. The maximum Gasteiger partial charge on any atom is 0.319 e. The molecule has 0 radical (unpaired) electrons. The van der Waals surface area contributed by atoms with Gasteiger partial charge in [-0.1, -0.05) is 18.2 Å². The highest BCUT2D eigenvalue weighted by atomic mass is 16.2. The molecule has 0 aliphatic carbocycles. The Morgan fingerprint density at radius 3 is 2.61 bits per heavy atom. The minimum Gasteiger partial charge on any atom is -0.368 e. The van der Waals surface area contributed by atoms with Crippen LogP contribution in [0.5, 0.6) is 0 Å². The van der Waals surface area contributed by atoms with Crippen molar-refractivity contribution in [2.45, 2.75) is 13.8 Å². The maximum atomic E-state index is 11.8. The monoisotopic (exact) mass is 312 g/mol. The number of Topliss-reactive ketones (excluding diaryl/α,β-unsaturated/α-hetero) is 1. The summed E-state index contributed by atoms with van der Waals surface area (Å²) < 4.78 is 0. The maximum absolute atomic E-state index is 11.8. The molecule has 0 atom stereocenters. The minimum atomic E-state index is -0.315. The first kappa shape index (κ1) is 16.5. The lowest BCUT2D eigenvalue weighted by molar-refractivity contribution is 0.101. The smallest absolute Gasteiger partial charge is 0.319 e. The predicted octanol–water partition coefficient (Wildman–Crippen LogP) is 2.83. The van der Waals surface area contributed by atoms with E-state index in [2.05, 4.69) is 20.9 Å². The first-order valence-corrected chi connectivity index (χ1v) is 7.38. The second kappa shape index (κ2) is 7.93. The van der Waals surface area contributed by atoms with Gasteiger partial charge in [-0.15, -0.1) is 0 Å². The van der Waals surface area contributed by atoms with E-state index >= 15 is 0 Å². The average Bonchev–Trinajstić information content (AvgIpc) is 2.52. The SMILES string of the molecule is CC(=O)c1cccc(NC(=O)NCCNc2cccc(C)n2)c1. The summed E-state index contributed by atoms with van der Waals surface area (Å²) >= 11 is 0. The first-order chi connectivity index (χ1) is 11.0. The number of ketones is 1. The third kappa shape index (κ3) is 5.43. The number of aromatic nitrogens is 1. The predicted molar refractivity (Wildman–Crippen MR) is 90.9 cm³/mol. The van der Waals surface area contributed by atoms with Gasteiger partial charge >= 0.3 is 6.03 Å². The lowest BCUT2D eigenvalue weighted by atomic mass is 10.1. The van der Waals surface area contributed by atoms with Crippen molar-refractivity contribution in [2.75, 3.05) is 23.7 Å². The number of hydrogen-bond donors (Lipinski definition) is 3. The molecule has 3 N–H and O–H groups in total. The number of pyridine rings is 1. The van der Waals surface area contributed by atoms with Gasteiger partial charge in [0.25, 0.3) is 0 Å². The van der Waals surface area contributed by atoms with Gasteiger partial charge in [-0.2, -0.15) is 0 Å². The number of carbonyl (C=O) groups is 2. The van der Waals surface area contributed by atoms with E-state index in [1.165, 1.54) is 6.92 Å². The van der Waals surface area contributed by atoms with E-state index in [-0.39, 0.29) is 11.8 Å². The zero-order chi connectivity index (χ0) is 16.7. The van der Waals surface area contributed by atoms with E-state index < -0.39 is 0 Å². The van der Waals surface area contributed by atoms with E-state index in [1.54, 1.807) is 24.3 Å². The van der Waals surface area contributed by atoms with Crippen molar-refractivity contribution in [3.8, 4) is 0 Å². The zero-order valence-corrected chi connectivity index (χ0v) is 13.2. The van der Waals surface area contributed by atoms with Crippen LogP contribution in [0, 0.1) is 6.92 Å². The number of hydrogen-bond acceptors (Lipinski definition) is 4. The van der Waals surface area contributed by atoms with Gasteiger partial charge in [0.15, 0.2) is 5.78 Å². The summed E-state index contributed by atoms with van der Waals surface area (Å²) in [5, 5.41) is 8.57. The number of benzene rings is 1. The molecule has 0 spiro atoms. The summed E-state index contributed by atoms with van der Waals surface area (Å²) in [5.74, 6) is 0.741. The normalized spacial score (nSPS) is 10.0. The fourth-order valence-corrected chi connectivity index (χ4v) is 2.00. The lowest BCUT2D eigenvalue weighted by Gasteiger charge is -2.09. The standard InChI is InChI=1S/C17H20N4O2/c1-12-5-3-8-16(20-12)18-9-10-19-17(23)21-15-7-4-6-14(11-15)13(2)22/h3-8,11H,9-10H2,1-2H3,(H,18,20)(H2,19,21,23). The molecule has 1 aromatic heterocycles. The van der Waals surface area contributed by atoms with Crippen LogP contribution in [0.2, 0.25) is 0 Å². The van der Waals surface area contributed by atoms with Crippen LogP contribution in [-0.2, 0) is 0 Å². The molecule has 1 heterocycles. The Hall–Kier alpha value is -2.89. The van der Waals surface area contributed by atoms with E-state index in [0.717, 1.165) is 11.5 Å². The van der Waals surface area contributed by atoms with Gasteiger partial charge in [0.2, 0.25) is 0 Å². The molecule has 6 nitrogen and oxygen atoms in total. The van der Waals surface area contributed by atoms with Gasteiger partial charge in [-0.3, -0.25) is 4.79 Å². The number of carbonyl (C=O) groups excluding carboxylic acids is 2. The fraction of sp³-hybridized carbons (Fsp3) is 0.235. The van der Waals surface area contributed by atoms with Crippen LogP contribution in [0.15, 0.2) is 42.5 Å². The highest BCUT2D eigenvalue weighted by Gasteiger charge is 2.04. The van der Waals surface area contributed by atoms with E-state index in [0.29, 0.717) is 24.3 Å². The Labute approximate surface area is 135 Å². The van der Waals surface area contributed by atoms with Crippen molar-refractivity contribution in [3.63, 3.8) is 0 Å². The number of amides is 2. The van der Waals surface area contributed by atoms with Crippen molar-refractivity contribution in [1.82, 2.24) is 10.3 Å². The molecule has 2 amide bonds. The van der Waals surface area contributed by atoms with Crippen molar-refractivity contribution in [1.29, 1.82) is 0 Å². The highest BCUT2D eigenvalue weighted by molar-refractivity contribution is 5.96. The molecular weight excluding hydrogens is 292 g/mol. The first-order valence-electron chi connectivity index (χ1n) is 7.38. The highest BCUT2D eigenvalue weighted by Crippen LogP contribution is 2.10. The quantitative estimate of drug-likeness (QED) is 0.566. The third-order valence-corrected chi connectivity index (χ3v) is 3.13. The third-order valence-electron chi connectivity index (χ3n) is 3.13. The van der Waals surface area contributed by atoms with Crippen LogP contribution in [0.4, 0.5) is 16.3 Å². The molecule has 1 aromatic carbocycles. The fourth-order valence-electron chi connectivity index (χ4n) is 2.00. The van der Waals surface area contributed by atoms with Crippen LogP contribution in [0.25, 0.3) is 0 Å². The average molecular weight is 312 g/mol. The van der Waals surface area contributed by atoms with Crippen LogP contribution in [-0.4, -0.2) is 29.9 Å². The number of aryl methyl sites for hydroxylation is 1. The second-order valence-electron chi connectivity index (χ2n) is 5.11. The van der Waals surface area contributed by atoms with Crippen LogP contribution < -0.4 is 16.0 Å². The van der Waals surface area contributed by atoms with Gasteiger partial charge in [0, 0.05) is 30.0 Å². The Balaban J connectivity index is 1.75. The Morgan fingerprint density at radius 1 is 1.09 bits per heavy atom. The van der Waals surface area contributed by atoms with E-state index in [4.69, 9.17) is 0 Å². The molecular formula is C17H20N4O2. The summed E-state index contributed by atoms with van der Waals surface area (Å²) in [6.07, 6.45) is 0. The van der Waals surface area contributed by atoms with Crippen LogP contribution >= 0.6 is 0 Å². The molecule has 0 saturated heterocycles. The number of rotatable bonds is 6. The molecule has 23 heavy (non-hydrogen) atoms. The molecule has 0 bridgehead atoms. The number of anilines is 2. The van der Waals surface area contributed by atoms with Gasteiger partial charge in [-0.05, 0) is 38.1 Å². The van der Waals surface area contributed by atoms with Gasteiger partial charge in [0.05, 0.1) is 0 Å². The van der Waals surface area contributed by atoms with Gasteiger partial charge in [-0.25, -0.2) is 9.78 Å². The molecule has 6 heteroatoms. The molecule has 0 saturated carbocycles. The summed E-state index contributed by atoms with van der Waals surface area (Å²) in [6.45, 7) is 4.43. The summed E-state index contributed by atoms with van der Waals surface area (Å²) in [4.78, 5) is 27.4. The Bertz CT molecular complexity index is 700. The second-order valence-corrected chi connectivity index (χ2v) is 5.11. The molecule has 120 valence electrons. The lowest BCUT2D eigenvalue weighted by Crippen LogP contribution is -2.32. The topological polar surface area (TPSA) is 83.1 Å². The van der Waals surface area contributed by atoms with Crippen LogP contribution in [0.3, 0.4) is 0 Å². The number of nitrogens with zero attached hydrogens (tertiary/aromatic N) is 1. The zero-order valence-electron chi connectivity index (χ0n) is 13.2. The van der Waals surface area contributed by atoms with E-state index in [9.17, 15) is 9.59 Å². The molecule has 0 unspecified atom stereocenters. The van der Waals surface area contributed by atoms with Crippen molar-refractivity contribution in [2.24, 2.45) is 0 Å². The molecule has 0 aliphatic rings. The Morgan fingerprint density at radius 2 is 1.87 bits per heavy atom.